The number of hydrogen-bond donors (Lipinski definition) is 1. The Hall–Kier alpha value is -1.13. The van der Waals surface area contributed by atoms with Gasteiger partial charge in [0.05, 0.1) is 18.8 Å². The SMILES string of the molecule is COc1ccc(F)cc1C(N)C1(OC)CCCCCC1. The Kier molecular flexibility index (Phi) is 5.00. The van der Waals surface area contributed by atoms with Crippen LogP contribution in [0.5, 0.6) is 5.75 Å². The monoisotopic (exact) mass is 281 g/mol. The van der Waals surface area contributed by atoms with E-state index in [4.69, 9.17) is 15.2 Å². The van der Waals surface area contributed by atoms with Crippen LogP contribution in [-0.4, -0.2) is 19.8 Å². The van der Waals surface area contributed by atoms with Crippen molar-refractivity contribution in [3.8, 4) is 5.75 Å². The molecule has 1 aromatic rings. The molecule has 0 aromatic heterocycles. The van der Waals surface area contributed by atoms with Crippen molar-refractivity contribution < 1.29 is 13.9 Å². The quantitative estimate of drug-likeness (QED) is 0.858. The minimum Gasteiger partial charge on any atom is -0.496 e. The van der Waals surface area contributed by atoms with Crippen molar-refractivity contribution in [3.63, 3.8) is 0 Å². The van der Waals surface area contributed by atoms with Crippen molar-refractivity contribution in [1.29, 1.82) is 0 Å². The molecular weight excluding hydrogens is 257 g/mol. The van der Waals surface area contributed by atoms with Crippen LogP contribution in [0.4, 0.5) is 4.39 Å². The zero-order chi connectivity index (χ0) is 14.6. The van der Waals surface area contributed by atoms with Crippen molar-refractivity contribution in [1.82, 2.24) is 0 Å². The molecule has 1 aliphatic rings. The van der Waals surface area contributed by atoms with Crippen molar-refractivity contribution in [2.45, 2.75) is 50.2 Å². The second-order valence-corrected chi connectivity index (χ2v) is 5.55. The van der Waals surface area contributed by atoms with E-state index in [1.807, 2.05) is 0 Å². The number of ether oxygens (including phenoxy) is 2. The van der Waals surface area contributed by atoms with Gasteiger partial charge in [0, 0.05) is 12.7 Å². The lowest BCUT2D eigenvalue weighted by molar-refractivity contribution is -0.0447. The van der Waals surface area contributed by atoms with E-state index in [9.17, 15) is 4.39 Å². The maximum atomic E-state index is 13.6. The second-order valence-electron chi connectivity index (χ2n) is 5.55. The molecule has 1 unspecified atom stereocenters. The molecule has 1 atom stereocenters. The first kappa shape index (κ1) is 15.3. The third kappa shape index (κ3) is 2.96. The first-order chi connectivity index (χ1) is 9.63. The third-order valence-electron chi connectivity index (χ3n) is 4.45. The average Bonchev–Trinajstić information content (AvgIpc) is 2.72. The van der Waals surface area contributed by atoms with Crippen LogP contribution < -0.4 is 10.5 Å². The summed E-state index contributed by atoms with van der Waals surface area (Å²) >= 11 is 0. The Balaban J connectivity index is 2.36. The highest BCUT2D eigenvalue weighted by molar-refractivity contribution is 5.38. The van der Waals surface area contributed by atoms with Crippen LogP contribution in [0.25, 0.3) is 0 Å². The minimum atomic E-state index is -0.419. The van der Waals surface area contributed by atoms with Gasteiger partial charge in [-0.1, -0.05) is 25.7 Å². The van der Waals surface area contributed by atoms with E-state index in [1.54, 1.807) is 20.3 Å². The highest BCUT2D eigenvalue weighted by atomic mass is 19.1. The van der Waals surface area contributed by atoms with Gasteiger partial charge in [0.2, 0.25) is 0 Å². The summed E-state index contributed by atoms with van der Waals surface area (Å²) in [6.45, 7) is 0. The summed E-state index contributed by atoms with van der Waals surface area (Å²) < 4.78 is 24.7. The molecule has 0 bridgehead atoms. The molecule has 4 heteroatoms. The average molecular weight is 281 g/mol. The molecule has 2 rings (SSSR count). The molecule has 0 amide bonds. The summed E-state index contributed by atoms with van der Waals surface area (Å²) in [5.41, 5.74) is 6.73. The zero-order valence-electron chi connectivity index (χ0n) is 12.3. The number of methoxy groups -OCH3 is 2. The van der Waals surface area contributed by atoms with Crippen molar-refractivity contribution in [2.24, 2.45) is 5.73 Å². The van der Waals surface area contributed by atoms with Crippen LogP contribution in [-0.2, 0) is 4.74 Å². The molecule has 112 valence electrons. The minimum absolute atomic E-state index is 0.295. The van der Waals surface area contributed by atoms with Gasteiger partial charge in [0.25, 0.3) is 0 Å². The van der Waals surface area contributed by atoms with Gasteiger partial charge in [-0.05, 0) is 31.0 Å². The smallest absolute Gasteiger partial charge is 0.123 e. The van der Waals surface area contributed by atoms with Gasteiger partial charge in [-0.25, -0.2) is 4.39 Å². The number of nitrogens with two attached hydrogens (primary N) is 1. The maximum Gasteiger partial charge on any atom is 0.123 e. The highest BCUT2D eigenvalue weighted by Crippen LogP contribution is 2.41. The number of halogens is 1. The number of hydrogen-bond acceptors (Lipinski definition) is 3. The largest absolute Gasteiger partial charge is 0.496 e. The molecule has 0 spiro atoms. The van der Waals surface area contributed by atoms with Crippen LogP contribution in [0.2, 0.25) is 0 Å². The van der Waals surface area contributed by atoms with Crippen LogP contribution in [0.3, 0.4) is 0 Å². The molecule has 1 aromatic carbocycles. The zero-order valence-corrected chi connectivity index (χ0v) is 12.3. The van der Waals surface area contributed by atoms with E-state index in [0.717, 1.165) is 25.7 Å². The lowest BCUT2D eigenvalue weighted by atomic mass is 9.82. The predicted molar refractivity (Wildman–Crippen MR) is 77.3 cm³/mol. The Morgan fingerprint density at radius 2 is 1.80 bits per heavy atom. The third-order valence-corrected chi connectivity index (χ3v) is 4.45. The Morgan fingerprint density at radius 3 is 2.35 bits per heavy atom. The maximum absolute atomic E-state index is 13.6. The van der Waals surface area contributed by atoms with Crippen molar-refractivity contribution in [2.75, 3.05) is 14.2 Å². The van der Waals surface area contributed by atoms with Gasteiger partial charge in [-0.2, -0.15) is 0 Å². The molecule has 2 N–H and O–H groups in total. The van der Waals surface area contributed by atoms with E-state index in [0.29, 0.717) is 11.3 Å². The van der Waals surface area contributed by atoms with Gasteiger partial charge in [-0.15, -0.1) is 0 Å². The first-order valence-electron chi connectivity index (χ1n) is 7.27. The molecule has 1 saturated carbocycles. The fourth-order valence-corrected chi connectivity index (χ4v) is 3.20. The Labute approximate surface area is 120 Å². The van der Waals surface area contributed by atoms with E-state index in [1.165, 1.54) is 25.0 Å². The van der Waals surface area contributed by atoms with Gasteiger partial charge in [-0.3, -0.25) is 0 Å². The molecule has 1 aliphatic carbocycles. The second kappa shape index (κ2) is 6.55. The van der Waals surface area contributed by atoms with Crippen LogP contribution in [0.1, 0.15) is 50.1 Å². The Morgan fingerprint density at radius 1 is 1.15 bits per heavy atom. The van der Waals surface area contributed by atoms with Gasteiger partial charge in [0.1, 0.15) is 11.6 Å². The lowest BCUT2D eigenvalue weighted by Gasteiger charge is -2.37. The van der Waals surface area contributed by atoms with E-state index < -0.39 is 5.60 Å². The molecule has 0 heterocycles. The molecule has 0 saturated heterocycles. The normalized spacial score (nSPS) is 20.2. The molecule has 0 radical (unpaired) electrons. The van der Waals surface area contributed by atoms with E-state index in [-0.39, 0.29) is 11.9 Å². The van der Waals surface area contributed by atoms with E-state index >= 15 is 0 Å². The van der Waals surface area contributed by atoms with Gasteiger partial charge >= 0.3 is 0 Å². The summed E-state index contributed by atoms with van der Waals surface area (Å²) in [4.78, 5) is 0. The summed E-state index contributed by atoms with van der Waals surface area (Å²) in [6.07, 6.45) is 6.42. The van der Waals surface area contributed by atoms with E-state index in [2.05, 4.69) is 0 Å². The summed E-state index contributed by atoms with van der Waals surface area (Å²) in [5, 5.41) is 0. The molecule has 20 heavy (non-hydrogen) atoms. The first-order valence-corrected chi connectivity index (χ1v) is 7.27. The van der Waals surface area contributed by atoms with Crippen molar-refractivity contribution in [3.05, 3.63) is 29.6 Å². The van der Waals surface area contributed by atoms with Crippen LogP contribution in [0, 0.1) is 5.82 Å². The summed E-state index contributed by atoms with van der Waals surface area (Å²) in [5.74, 6) is 0.329. The number of benzene rings is 1. The fraction of sp³-hybridized carbons (Fsp3) is 0.625. The molecule has 1 fully saturated rings. The summed E-state index contributed by atoms with van der Waals surface area (Å²) in [7, 11) is 3.28. The lowest BCUT2D eigenvalue weighted by Crippen LogP contribution is -2.43. The topological polar surface area (TPSA) is 44.5 Å². The number of rotatable bonds is 4. The molecule has 0 aliphatic heterocycles. The standard InChI is InChI=1S/C16H24FNO2/c1-19-14-8-7-12(17)11-13(14)15(18)16(20-2)9-5-3-4-6-10-16/h7-8,11,15H,3-6,9-10,18H2,1-2H3. The summed E-state index contributed by atoms with van der Waals surface area (Å²) in [6, 6.07) is 4.11. The van der Waals surface area contributed by atoms with Crippen LogP contribution in [0.15, 0.2) is 18.2 Å². The Bertz CT molecular complexity index is 442. The molecular formula is C16H24FNO2. The van der Waals surface area contributed by atoms with Crippen LogP contribution >= 0.6 is 0 Å². The highest BCUT2D eigenvalue weighted by Gasteiger charge is 2.39. The molecule has 3 nitrogen and oxygen atoms in total. The predicted octanol–water partition coefficient (Wildman–Crippen LogP) is 3.57. The van der Waals surface area contributed by atoms with Gasteiger partial charge in [0.15, 0.2) is 0 Å². The van der Waals surface area contributed by atoms with Gasteiger partial charge < -0.3 is 15.2 Å². The fourth-order valence-electron chi connectivity index (χ4n) is 3.20. The van der Waals surface area contributed by atoms with Crippen molar-refractivity contribution >= 4 is 0 Å².